The molecule has 0 spiro atoms. The number of aromatic nitrogens is 1. The van der Waals surface area contributed by atoms with Gasteiger partial charge in [0, 0.05) is 13.1 Å². The average Bonchev–Trinajstić information content (AvgIpc) is 2.52. The molecule has 1 N–H and O–H groups in total. The van der Waals surface area contributed by atoms with Crippen LogP contribution in [-0.4, -0.2) is 40.7 Å². The smallest absolute Gasteiger partial charge is 0.337 e. The molecule has 1 saturated heterocycles. The SMILES string of the molecule is Cc1nc(N2CCC(C(=O)OC(C)(C)C)CC2)c(C#N)cc1C(=O)O. The van der Waals surface area contributed by atoms with Gasteiger partial charge in [-0.3, -0.25) is 4.79 Å². The molecule has 2 heterocycles. The van der Waals surface area contributed by atoms with E-state index in [4.69, 9.17) is 9.84 Å². The number of hydrogen-bond acceptors (Lipinski definition) is 6. The third kappa shape index (κ3) is 4.47. The number of hydrogen-bond donors (Lipinski definition) is 1. The van der Waals surface area contributed by atoms with Crippen LogP contribution in [0.15, 0.2) is 6.07 Å². The molecule has 134 valence electrons. The molecule has 1 aliphatic heterocycles. The number of ether oxygens (including phenoxy) is 1. The van der Waals surface area contributed by atoms with Gasteiger partial charge in [-0.2, -0.15) is 5.26 Å². The van der Waals surface area contributed by atoms with E-state index in [0.29, 0.717) is 37.4 Å². The first kappa shape index (κ1) is 18.7. The number of aryl methyl sites for hydroxylation is 1. The van der Waals surface area contributed by atoms with Crippen molar-refractivity contribution in [2.45, 2.75) is 46.1 Å². The number of pyridine rings is 1. The van der Waals surface area contributed by atoms with Crippen LogP contribution < -0.4 is 4.90 Å². The number of carboxylic acids is 1. The predicted octanol–water partition coefficient (Wildman–Crippen LogP) is 2.52. The molecule has 0 aromatic carbocycles. The number of nitriles is 1. The van der Waals surface area contributed by atoms with Gasteiger partial charge in [-0.15, -0.1) is 0 Å². The van der Waals surface area contributed by atoms with Gasteiger partial charge in [0.15, 0.2) is 0 Å². The highest BCUT2D eigenvalue weighted by Crippen LogP contribution is 2.27. The van der Waals surface area contributed by atoms with Crippen molar-refractivity contribution >= 4 is 17.8 Å². The normalized spacial score (nSPS) is 15.6. The number of carbonyl (C=O) groups excluding carboxylic acids is 1. The monoisotopic (exact) mass is 345 g/mol. The third-order valence-electron chi connectivity index (χ3n) is 4.08. The van der Waals surface area contributed by atoms with Crippen molar-refractivity contribution < 1.29 is 19.4 Å². The lowest BCUT2D eigenvalue weighted by molar-refractivity contribution is -0.160. The van der Waals surface area contributed by atoms with Crippen LogP contribution in [0.1, 0.15) is 55.2 Å². The predicted molar refractivity (Wildman–Crippen MR) is 91.4 cm³/mol. The van der Waals surface area contributed by atoms with E-state index in [-0.39, 0.29) is 23.0 Å². The molecule has 25 heavy (non-hydrogen) atoms. The van der Waals surface area contributed by atoms with Crippen LogP contribution in [0, 0.1) is 24.2 Å². The number of nitrogens with zero attached hydrogens (tertiary/aromatic N) is 3. The Kier molecular flexibility index (Phi) is 5.31. The summed E-state index contributed by atoms with van der Waals surface area (Å²) < 4.78 is 5.43. The highest BCUT2D eigenvalue weighted by atomic mass is 16.6. The van der Waals surface area contributed by atoms with E-state index in [9.17, 15) is 14.9 Å². The van der Waals surface area contributed by atoms with Crippen molar-refractivity contribution in [3.63, 3.8) is 0 Å². The second-order valence-electron chi connectivity index (χ2n) is 7.20. The molecular formula is C18H23N3O4. The summed E-state index contributed by atoms with van der Waals surface area (Å²) in [5.41, 5.74) is 0.131. The lowest BCUT2D eigenvalue weighted by atomic mass is 9.96. The summed E-state index contributed by atoms with van der Waals surface area (Å²) in [6, 6.07) is 3.38. The summed E-state index contributed by atoms with van der Waals surface area (Å²) in [7, 11) is 0. The van der Waals surface area contributed by atoms with E-state index in [1.807, 2.05) is 31.7 Å². The van der Waals surface area contributed by atoms with E-state index in [1.54, 1.807) is 6.92 Å². The summed E-state index contributed by atoms with van der Waals surface area (Å²) in [6.45, 7) is 8.28. The molecule has 0 radical (unpaired) electrons. The second kappa shape index (κ2) is 7.09. The molecule has 0 aliphatic carbocycles. The Morgan fingerprint density at radius 3 is 2.44 bits per heavy atom. The first-order chi connectivity index (χ1) is 11.6. The van der Waals surface area contributed by atoms with Crippen molar-refractivity contribution in [3.05, 3.63) is 22.9 Å². The van der Waals surface area contributed by atoms with E-state index >= 15 is 0 Å². The Hall–Kier alpha value is -2.62. The minimum absolute atomic E-state index is 0.0314. The standard InChI is InChI=1S/C18H23N3O4/c1-11-14(16(22)23)9-13(10-19)15(20-11)21-7-5-12(6-8-21)17(24)25-18(2,3)4/h9,12H,5-8H2,1-4H3,(H,22,23). The van der Waals surface area contributed by atoms with E-state index in [0.717, 1.165) is 0 Å². The topological polar surface area (TPSA) is 104 Å². The molecule has 0 atom stereocenters. The lowest BCUT2D eigenvalue weighted by Crippen LogP contribution is -2.39. The van der Waals surface area contributed by atoms with Gasteiger partial charge in [-0.05, 0) is 46.6 Å². The van der Waals surface area contributed by atoms with E-state index in [2.05, 4.69) is 4.98 Å². The largest absolute Gasteiger partial charge is 0.478 e. The molecule has 2 rings (SSSR count). The Labute approximate surface area is 147 Å². The van der Waals surface area contributed by atoms with E-state index in [1.165, 1.54) is 6.07 Å². The quantitative estimate of drug-likeness (QED) is 0.839. The van der Waals surface area contributed by atoms with Gasteiger partial charge in [0.05, 0.1) is 22.7 Å². The number of piperidine rings is 1. The maximum absolute atomic E-state index is 12.2. The van der Waals surface area contributed by atoms with Gasteiger partial charge in [-0.25, -0.2) is 9.78 Å². The number of carbonyl (C=O) groups is 2. The zero-order valence-electron chi connectivity index (χ0n) is 15.0. The van der Waals surface area contributed by atoms with Crippen LogP contribution in [0.3, 0.4) is 0 Å². The van der Waals surface area contributed by atoms with Gasteiger partial charge < -0.3 is 14.7 Å². The summed E-state index contributed by atoms with van der Waals surface area (Å²) >= 11 is 0. The first-order valence-corrected chi connectivity index (χ1v) is 8.25. The Morgan fingerprint density at radius 1 is 1.36 bits per heavy atom. The lowest BCUT2D eigenvalue weighted by Gasteiger charge is -2.33. The minimum Gasteiger partial charge on any atom is -0.478 e. The highest BCUT2D eigenvalue weighted by Gasteiger charge is 2.30. The molecule has 1 fully saturated rings. The van der Waals surface area contributed by atoms with Crippen molar-refractivity contribution in [2.24, 2.45) is 5.92 Å². The molecule has 7 nitrogen and oxygen atoms in total. The number of rotatable bonds is 3. The van der Waals surface area contributed by atoms with Crippen LogP contribution in [0.2, 0.25) is 0 Å². The number of anilines is 1. The fourth-order valence-electron chi connectivity index (χ4n) is 2.84. The zero-order chi connectivity index (χ0) is 18.8. The van der Waals surface area contributed by atoms with Gasteiger partial charge in [0.1, 0.15) is 17.5 Å². The van der Waals surface area contributed by atoms with Crippen molar-refractivity contribution in [2.75, 3.05) is 18.0 Å². The molecular weight excluding hydrogens is 322 g/mol. The van der Waals surface area contributed by atoms with Gasteiger partial charge in [0.2, 0.25) is 0 Å². The summed E-state index contributed by atoms with van der Waals surface area (Å²) in [6.07, 6.45) is 1.22. The zero-order valence-corrected chi connectivity index (χ0v) is 15.0. The molecule has 1 aromatic heterocycles. The third-order valence-corrected chi connectivity index (χ3v) is 4.08. The van der Waals surface area contributed by atoms with Crippen molar-refractivity contribution in [3.8, 4) is 6.07 Å². The maximum atomic E-state index is 12.2. The van der Waals surface area contributed by atoms with Gasteiger partial charge in [-0.1, -0.05) is 0 Å². The molecule has 0 amide bonds. The van der Waals surface area contributed by atoms with Crippen LogP contribution in [-0.2, 0) is 9.53 Å². The molecule has 1 aromatic rings. The summed E-state index contributed by atoms with van der Waals surface area (Å²) in [5.74, 6) is -0.984. The minimum atomic E-state index is -1.10. The summed E-state index contributed by atoms with van der Waals surface area (Å²) in [4.78, 5) is 29.6. The number of esters is 1. The number of aromatic carboxylic acids is 1. The van der Waals surface area contributed by atoms with Crippen molar-refractivity contribution in [1.29, 1.82) is 5.26 Å². The Morgan fingerprint density at radius 2 is 1.96 bits per heavy atom. The fourth-order valence-corrected chi connectivity index (χ4v) is 2.84. The van der Waals surface area contributed by atoms with Crippen molar-refractivity contribution in [1.82, 2.24) is 4.98 Å². The fraction of sp³-hybridized carbons (Fsp3) is 0.556. The molecule has 0 unspecified atom stereocenters. The van der Waals surface area contributed by atoms with Crippen LogP contribution >= 0.6 is 0 Å². The molecule has 0 saturated carbocycles. The average molecular weight is 345 g/mol. The van der Waals surface area contributed by atoms with Crippen LogP contribution in [0.4, 0.5) is 5.82 Å². The summed E-state index contributed by atoms with van der Waals surface area (Å²) in [5, 5.41) is 18.5. The van der Waals surface area contributed by atoms with Gasteiger partial charge in [0.25, 0.3) is 0 Å². The highest BCUT2D eigenvalue weighted by molar-refractivity contribution is 5.90. The molecule has 0 bridgehead atoms. The molecule has 7 heteroatoms. The van der Waals surface area contributed by atoms with Crippen LogP contribution in [0.5, 0.6) is 0 Å². The van der Waals surface area contributed by atoms with E-state index < -0.39 is 11.6 Å². The maximum Gasteiger partial charge on any atom is 0.337 e. The Balaban J connectivity index is 2.13. The number of carboxylic acid groups (broad SMARTS) is 1. The Bertz CT molecular complexity index is 723. The second-order valence-corrected chi connectivity index (χ2v) is 7.20. The van der Waals surface area contributed by atoms with Crippen LogP contribution in [0.25, 0.3) is 0 Å². The first-order valence-electron chi connectivity index (χ1n) is 8.25. The molecule has 1 aliphatic rings. The van der Waals surface area contributed by atoms with Gasteiger partial charge >= 0.3 is 11.9 Å².